The molecule has 0 radical (unpaired) electrons. The van der Waals surface area contributed by atoms with Crippen LogP contribution in [0.15, 0.2) is 0 Å². The van der Waals surface area contributed by atoms with Gasteiger partial charge in [0.2, 0.25) is 0 Å². The molecule has 0 fully saturated rings. The van der Waals surface area contributed by atoms with Gasteiger partial charge in [-0.2, -0.15) is 0 Å². The van der Waals surface area contributed by atoms with E-state index in [9.17, 15) is 4.79 Å². The molecule has 1 unspecified atom stereocenters. The van der Waals surface area contributed by atoms with Crippen molar-refractivity contribution in [2.75, 3.05) is 27.4 Å². The molecule has 0 aliphatic carbocycles. The average Bonchev–Trinajstić information content (AvgIpc) is 2.38. The average molecular weight is 260 g/mol. The minimum Gasteiger partial charge on any atom is -0.463 e. The summed E-state index contributed by atoms with van der Waals surface area (Å²) >= 11 is 0. The Morgan fingerprint density at radius 1 is 1.00 bits per heavy atom. The van der Waals surface area contributed by atoms with E-state index in [0.29, 0.717) is 13.0 Å². The first-order valence-electron chi connectivity index (χ1n) is 6.91. The van der Waals surface area contributed by atoms with Crippen LogP contribution < -0.4 is 0 Å². The molecule has 0 aliphatic heterocycles. The molecule has 0 heterocycles. The minimum absolute atomic E-state index is 0.136. The van der Waals surface area contributed by atoms with Gasteiger partial charge in [0, 0.05) is 20.6 Å². The van der Waals surface area contributed by atoms with Gasteiger partial charge in [-0.25, -0.2) is 0 Å². The number of carbonyl (C=O) groups excluding carboxylic acids is 1. The van der Waals surface area contributed by atoms with E-state index in [1.54, 1.807) is 14.2 Å². The molecule has 0 bridgehead atoms. The molecule has 0 aromatic heterocycles. The summed E-state index contributed by atoms with van der Waals surface area (Å²) in [5, 5.41) is 0. The summed E-state index contributed by atoms with van der Waals surface area (Å²) in [7, 11) is 3.19. The maximum atomic E-state index is 11.4. The van der Waals surface area contributed by atoms with Crippen LogP contribution >= 0.6 is 0 Å². The lowest BCUT2D eigenvalue weighted by atomic mass is 10.1. The van der Waals surface area contributed by atoms with E-state index in [1.807, 2.05) is 0 Å². The maximum Gasteiger partial charge on any atom is 0.305 e. The predicted molar refractivity (Wildman–Crippen MR) is 71.6 cm³/mol. The smallest absolute Gasteiger partial charge is 0.305 e. The van der Waals surface area contributed by atoms with E-state index in [1.165, 1.54) is 25.7 Å². The number of ether oxygens (including phenoxy) is 3. The zero-order valence-electron chi connectivity index (χ0n) is 12.1. The first-order valence-corrected chi connectivity index (χ1v) is 6.91. The van der Waals surface area contributed by atoms with Crippen LogP contribution in [0.2, 0.25) is 0 Å². The lowest BCUT2D eigenvalue weighted by Gasteiger charge is -2.14. The third-order valence-corrected chi connectivity index (χ3v) is 2.85. The lowest BCUT2D eigenvalue weighted by Crippen LogP contribution is -2.25. The fourth-order valence-corrected chi connectivity index (χ4v) is 1.68. The van der Waals surface area contributed by atoms with Crippen LogP contribution in [0.3, 0.4) is 0 Å². The molecule has 0 saturated heterocycles. The number of carbonyl (C=O) groups is 1. The van der Waals surface area contributed by atoms with Gasteiger partial charge < -0.3 is 14.2 Å². The van der Waals surface area contributed by atoms with Gasteiger partial charge in [0.25, 0.3) is 0 Å². The van der Waals surface area contributed by atoms with Crippen LogP contribution in [0.4, 0.5) is 0 Å². The van der Waals surface area contributed by atoms with E-state index in [0.717, 1.165) is 12.8 Å². The topological polar surface area (TPSA) is 44.8 Å². The molecule has 0 aromatic carbocycles. The molecule has 1 atom stereocenters. The van der Waals surface area contributed by atoms with Crippen molar-refractivity contribution in [1.82, 2.24) is 0 Å². The first kappa shape index (κ1) is 17.4. The van der Waals surface area contributed by atoms with Crippen LogP contribution in [-0.4, -0.2) is 39.5 Å². The standard InChI is InChI=1S/C14H28O4/c1-4-5-6-7-8-9-10-14(15)18-12-13(17-3)11-16-2/h13H,4-12H2,1-3H3. The van der Waals surface area contributed by atoms with Crippen LogP contribution in [0.5, 0.6) is 0 Å². The number of hydrogen-bond donors (Lipinski definition) is 0. The highest BCUT2D eigenvalue weighted by molar-refractivity contribution is 5.69. The van der Waals surface area contributed by atoms with Crippen molar-refractivity contribution in [3.63, 3.8) is 0 Å². The van der Waals surface area contributed by atoms with E-state index >= 15 is 0 Å². The molecular formula is C14H28O4. The van der Waals surface area contributed by atoms with Crippen molar-refractivity contribution < 1.29 is 19.0 Å². The highest BCUT2D eigenvalue weighted by Crippen LogP contribution is 2.07. The van der Waals surface area contributed by atoms with Gasteiger partial charge in [-0.1, -0.05) is 39.0 Å². The molecule has 0 amide bonds. The summed E-state index contributed by atoms with van der Waals surface area (Å²) < 4.78 is 15.2. The number of unbranched alkanes of at least 4 members (excludes halogenated alkanes) is 5. The Bertz CT molecular complexity index is 194. The van der Waals surface area contributed by atoms with Gasteiger partial charge in [0.05, 0.1) is 6.61 Å². The highest BCUT2D eigenvalue weighted by Gasteiger charge is 2.10. The monoisotopic (exact) mass is 260 g/mol. The summed E-state index contributed by atoms with van der Waals surface area (Å²) in [4.78, 5) is 11.4. The fraction of sp³-hybridized carbons (Fsp3) is 0.929. The van der Waals surface area contributed by atoms with Crippen molar-refractivity contribution in [2.45, 2.75) is 58.0 Å². The largest absolute Gasteiger partial charge is 0.463 e. The van der Waals surface area contributed by atoms with Crippen molar-refractivity contribution in [3.8, 4) is 0 Å². The molecule has 4 heteroatoms. The van der Waals surface area contributed by atoms with Gasteiger partial charge >= 0.3 is 5.97 Å². The molecule has 0 spiro atoms. The molecule has 0 rings (SSSR count). The highest BCUT2D eigenvalue weighted by atomic mass is 16.6. The Hall–Kier alpha value is -0.610. The zero-order chi connectivity index (χ0) is 13.6. The Balaban J connectivity index is 3.41. The van der Waals surface area contributed by atoms with Gasteiger partial charge in [-0.05, 0) is 6.42 Å². The second-order valence-electron chi connectivity index (χ2n) is 4.51. The number of hydrogen-bond acceptors (Lipinski definition) is 4. The predicted octanol–water partition coefficient (Wildman–Crippen LogP) is 2.94. The molecule has 108 valence electrons. The normalized spacial score (nSPS) is 12.4. The molecule has 0 aliphatic rings. The summed E-state index contributed by atoms with van der Waals surface area (Å²) in [5.74, 6) is -0.136. The minimum atomic E-state index is -0.163. The molecular weight excluding hydrogens is 232 g/mol. The van der Waals surface area contributed by atoms with Crippen LogP contribution in [-0.2, 0) is 19.0 Å². The summed E-state index contributed by atoms with van der Waals surface area (Å²) in [6.07, 6.45) is 7.40. The second-order valence-corrected chi connectivity index (χ2v) is 4.51. The molecule has 0 aromatic rings. The van der Waals surface area contributed by atoms with Gasteiger partial charge in [-0.15, -0.1) is 0 Å². The van der Waals surface area contributed by atoms with Crippen molar-refractivity contribution >= 4 is 5.97 Å². The number of rotatable bonds is 12. The van der Waals surface area contributed by atoms with Gasteiger partial charge in [0.15, 0.2) is 0 Å². The lowest BCUT2D eigenvalue weighted by molar-refractivity contribution is -0.148. The molecule has 18 heavy (non-hydrogen) atoms. The van der Waals surface area contributed by atoms with Crippen LogP contribution in [0.25, 0.3) is 0 Å². The molecule has 4 nitrogen and oxygen atoms in total. The number of esters is 1. The number of methoxy groups -OCH3 is 2. The van der Waals surface area contributed by atoms with Crippen molar-refractivity contribution in [1.29, 1.82) is 0 Å². The Morgan fingerprint density at radius 3 is 2.28 bits per heavy atom. The zero-order valence-corrected chi connectivity index (χ0v) is 12.1. The van der Waals surface area contributed by atoms with E-state index in [2.05, 4.69) is 6.92 Å². The van der Waals surface area contributed by atoms with E-state index < -0.39 is 0 Å². The van der Waals surface area contributed by atoms with Crippen LogP contribution in [0.1, 0.15) is 51.9 Å². The van der Waals surface area contributed by atoms with Crippen LogP contribution in [0, 0.1) is 0 Å². The maximum absolute atomic E-state index is 11.4. The fourth-order valence-electron chi connectivity index (χ4n) is 1.68. The van der Waals surface area contributed by atoms with Crippen molar-refractivity contribution in [2.24, 2.45) is 0 Å². The van der Waals surface area contributed by atoms with Crippen molar-refractivity contribution in [3.05, 3.63) is 0 Å². The van der Waals surface area contributed by atoms with E-state index in [4.69, 9.17) is 14.2 Å². The van der Waals surface area contributed by atoms with E-state index in [-0.39, 0.29) is 18.7 Å². The summed E-state index contributed by atoms with van der Waals surface area (Å²) in [6.45, 7) is 2.92. The third-order valence-electron chi connectivity index (χ3n) is 2.85. The first-order chi connectivity index (χ1) is 8.74. The SMILES string of the molecule is CCCCCCCCC(=O)OCC(COC)OC. The Labute approximate surface area is 111 Å². The Morgan fingerprint density at radius 2 is 1.67 bits per heavy atom. The molecule has 0 saturated carbocycles. The Kier molecular flexibility index (Phi) is 12.4. The van der Waals surface area contributed by atoms with Gasteiger partial charge in [0.1, 0.15) is 12.7 Å². The molecule has 0 N–H and O–H groups in total. The van der Waals surface area contributed by atoms with Gasteiger partial charge in [-0.3, -0.25) is 4.79 Å². The quantitative estimate of drug-likeness (QED) is 0.400. The summed E-state index contributed by atoms with van der Waals surface area (Å²) in [5.41, 5.74) is 0. The third kappa shape index (κ3) is 10.5. The second kappa shape index (κ2) is 12.8. The summed E-state index contributed by atoms with van der Waals surface area (Å²) in [6, 6.07) is 0.